The minimum absolute atomic E-state index is 0.335. The van der Waals surface area contributed by atoms with Gasteiger partial charge in [0.15, 0.2) is 0 Å². The van der Waals surface area contributed by atoms with Crippen molar-refractivity contribution < 1.29 is 9.84 Å². The largest absolute Gasteiger partial charge is 0.389 e. The summed E-state index contributed by atoms with van der Waals surface area (Å²) in [5, 5.41) is 13.0. The molecule has 5 heteroatoms. The predicted octanol–water partition coefficient (Wildman–Crippen LogP) is 0.943. The lowest BCUT2D eigenvalue weighted by molar-refractivity contribution is 0.0694. The fraction of sp³-hybridized carbons (Fsp3) is 0.643. The Balaban J connectivity index is 2.67. The third-order valence-electron chi connectivity index (χ3n) is 2.89. The fourth-order valence-corrected chi connectivity index (χ4v) is 2.04. The average molecular weight is 267 g/mol. The van der Waals surface area contributed by atoms with Crippen LogP contribution in [0.15, 0.2) is 12.3 Å². The molecule has 1 atom stereocenters. The maximum atomic E-state index is 9.74. The van der Waals surface area contributed by atoms with Crippen LogP contribution in [0.2, 0.25) is 0 Å². The first-order valence-electron chi connectivity index (χ1n) is 6.62. The summed E-state index contributed by atoms with van der Waals surface area (Å²) in [5.41, 5.74) is 2.29. The second-order valence-electron chi connectivity index (χ2n) is 4.75. The first-order valence-corrected chi connectivity index (χ1v) is 6.62. The number of rotatable bonds is 8. The highest BCUT2D eigenvalue weighted by Crippen LogP contribution is 2.17. The van der Waals surface area contributed by atoms with Crippen LogP contribution < -0.4 is 10.2 Å². The molecule has 2 N–H and O–H groups in total. The molecule has 0 spiro atoms. The Morgan fingerprint density at radius 1 is 1.53 bits per heavy atom. The van der Waals surface area contributed by atoms with Crippen molar-refractivity contribution >= 4 is 5.82 Å². The number of ether oxygens (including phenoxy) is 1. The predicted molar refractivity (Wildman–Crippen MR) is 77.5 cm³/mol. The molecular weight excluding hydrogens is 242 g/mol. The van der Waals surface area contributed by atoms with Crippen molar-refractivity contribution in [2.24, 2.45) is 0 Å². The van der Waals surface area contributed by atoms with Crippen LogP contribution in [0.25, 0.3) is 0 Å². The van der Waals surface area contributed by atoms with Crippen LogP contribution in [0, 0.1) is 6.92 Å². The van der Waals surface area contributed by atoms with E-state index < -0.39 is 6.10 Å². The highest BCUT2D eigenvalue weighted by molar-refractivity contribution is 5.46. The lowest BCUT2D eigenvalue weighted by Crippen LogP contribution is -2.32. The smallest absolute Gasteiger partial charge is 0.131 e. The van der Waals surface area contributed by atoms with E-state index in [4.69, 9.17) is 4.74 Å². The number of pyridine rings is 1. The second-order valence-corrected chi connectivity index (χ2v) is 4.75. The number of likely N-dealkylation sites (N-methyl/N-ethyl adjacent to an activating group) is 1. The number of hydrogen-bond donors (Lipinski definition) is 2. The van der Waals surface area contributed by atoms with Gasteiger partial charge in [-0.2, -0.15) is 0 Å². The van der Waals surface area contributed by atoms with Gasteiger partial charge in [-0.1, -0.05) is 6.92 Å². The zero-order valence-electron chi connectivity index (χ0n) is 12.3. The van der Waals surface area contributed by atoms with Crippen LogP contribution in [0.4, 0.5) is 5.82 Å². The normalized spacial score (nSPS) is 12.5. The zero-order valence-corrected chi connectivity index (χ0v) is 12.3. The Labute approximate surface area is 115 Å². The first kappa shape index (κ1) is 15.9. The number of aliphatic hydroxyl groups is 1. The molecule has 108 valence electrons. The lowest BCUT2D eigenvalue weighted by atomic mass is 10.2. The summed E-state index contributed by atoms with van der Waals surface area (Å²) in [6.45, 7) is 6.75. The van der Waals surface area contributed by atoms with E-state index in [1.54, 1.807) is 7.11 Å². The Morgan fingerprint density at radius 3 is 2.84 bits per heavy atom. The molecule has 0 fully saturated rings. The van der Waals surface area contributed by atoms with Crippen molar-refractivity contribution in [2.75, 3.05) is 38.8 Å². The third kappa shape index (κ3) is 5.14. The number of anilines is 1. The standard InChI is InChI=1S/C14H25N3O2/c1-5-15-7-12-6-11(2)14(16-8-12)17(3)9-13(18)10-19-4/h6,8,13,15,18H,5,7,9-10H2,1-4H3. The minimum atomic E-state index is -0.502. The number of aliphatic hydroxyl groups excluding tert-OH is 1. The molecule has 0 aliphatic heterocycles. The van der Waals surface area contributed by atoms with Gasteiger partial charge in [-0.05, 0) is 30.7 Å². The summed E-state index contributed by atoms with van der Waals surface area (Å²) < 4.78 is 4.93. The summed E-state index contributed by atoms with van der Waals surface area (Å²) in [6, 6.07) is 2.13. The molecule has 1 aromatic rings. The molecule has 0 saturated carbocycles. The molecule has 1 heterocycles. The molecule has 5 nitrogen and oxygen atoms in total. The van der Waals surface area contributed by atoms with Gasteiger partial charge in [0.1, 0.15) is 5.82 Å². The van der Waals surface area contributed by atoms with Crippen LogP contribution in [-0.4, -0.2) is 50.0 Å². The maximum absolute atomic E-state index is 9.74. The lowest BCUT2D eigenvalue weighted by Gasteiger charge is -2.23. The first-order chi connectivity index (χ1) is 9.08. The molecule has 0 saturated heterocycles. The quantitative estimate of drug-likeness (QED) is 0.734. The van der Waals surface area contributed by atoms with Gasteiger partial charge in [0, 0.05) is 33.4 Å². The molecule has 1 rings (SSSR count). The number of nitrogens with zero attached hydrogens (tertiary/aromatic N) is 2. The SMILES string of the molecule is CCNCc1cnc(N(C)CC(O)COC)c(C)c1. The van der Waals surface area contributed by atoms with E-state index in [0.29, 0.717) is 13.2 Å². The van der Waals surface area contributed by atoms with Gasteiger partial charge in [-0.3, -0.25) is 0 Å². The summed E-state index contributed by atoms with van der Waals surface area (Å²) in [6.07, 6.45) is 1.38. The van der Waals surface area contributed by atoms with Gasteiger partial charge >= 0.3 is 0 Å². The van der Waals surface area contributed by atoms with Crippen LogP contribution in [0.5, 0.6) is 0 Å². The van der Waals surface area contributed by atoms with E-state index in [1.165, 1.54) is 5.56 Å². The number of methoxy groups -OCH3 is 1. The van der Waals surface area contributed by atoms with Gasteiger partial charge < -0.3 is 20.1 Å². The molecule has 0 aliphatic carbocycles. The molecule has 1 aromatic heterocycles. The Kier molecular flexibility index (Phi) is 6.77. The number of nitrogens with one attached hydrogen (secondary N) is 1. The molecular formula is C14H25N3O2. The fourth-order valence-electron chi connectivity index (χ4n) is 2.04. The Morgan fingerprint density at radius 2 is 2.26 bits per heavy atom. The van der Waals surface area contributed by atoms with Gasteiger partial charge in [-0.25, -0.2) is 4.98 Å². The molecule has 0 radical (unpaired) electrons. The molecule has 0 amide bonds. The van der Waals surface area contributed by atoms with E-state index in [0.717, 1.165) is 24.5 Å². The minimum Gasteiger partial charge on any atom is -0.389 e. The van der Waals surface area contributed by atoms with Crippen molar-refractivity contribution in [1.29, 1.82) is 0 Å². The van der Waals surface area contributed by atoms with E-state index >= 15 is 0 Å². The topological polar surface area (TPSA) is 57.6 Å². The van der Waals surface area contributed by atoms with Gasteiger partial charge in [0.2, 0.25) is 0 Å². The Bertz CT molecular complexity index is 385. The molecule has 0 bridgehead atoms. The molecule has 0 aromatic carbocycles. The van der Waals surface area contributed by atoms with Crippen LogP contribution in [-0.2, 0) is 11.3 Å². The monoisotopic (exact) mass is 267 g/mol. The number of aromatic nitrogens is 1. The van der Waals surface area contributed by atoms with Crippen molar-refractivity contribution in [1.82, 2.24) is 10.3 Å². The van der Waals surface area contributed by atoms with Crippen LogP contribution in [0.3, 0.4) is 0 Å². The second kappa shape index (κ2) is 8.09. The zero-order chi connectivity index (χ0) is 14.3. The van der Waals surface area contributed by atoms with Crippen LogP contribution >= 0.6 is 0 Å². The highest BCUT2D eigenvalue weighted by atomic mass is 16.5. The van der Waals surface area contributed by atoms with Crippen molar-refractivity contribution in [2.45, 2.75) is 26.5 Å². The van der Waals surface area contributed by atoms with Crippen molar-refractivity contribution in [3.8, 4) is 0 Å². The van der Waals surface area contributed by atoms with Crippen molar-refractivity contribution in [3.05, 3.63) is 23.4 Å². The van der Waals surface area contributed by atoms with E-state index in [2.05, 4.69) is 23.3 Å². The summed E-state index contributed by atoms with van der Waals surface area (Å²) in [5.74, 6) is 0.899. The average Bonchev–Trinajstić information content (AvgIpc) is 2.36. The van der Waals surface area contributed by atoms with Gasteiger partial charge in [0.05, 0.1) is 12.7 Å². The summed E-state index contributed by atoms with van der Waals surface area (Å²) in [4.78, 5) is 6.43. The Hall–Kier alpha value is -1.17. The highest BCUT2D eigenvalue weighted by Gasteiger charge is 2.12. The van der Waals surface area contributed by atoms with E-state index in [1.807, 2.05) is 25.1 Å². The molecule has 19 heavy (non-hydrogen) atoms. The van der Waals surface area contributed by atoms with Gasteiger partial charge in [0.25, 0.3) is 0 Å². The van der Waals surface area contributed by atoms with Gasteiger partial charge in [-0.15, -0.1) is 0 Å². The summed E-state index contributed by atoms with van der Waals surface area (Å²) in [7, 11) is 3.51. The number of hydrogen-bond acceptors (Lipinski definition) is 5. The maximum Gasteiger partial charge on any atom is 0.131 e. The van der Waals surface area contributed by atoms with Crippen molar-refractivity contribution in [3.63, 3.8) is 0 Å². The van der Waals surface area contributed by atoms with E-state index in [-0.39, 0.29) is 0 Å². The van der Waals surface area contributed by atoms with E-state index in [9.17, 15) is 5.11 Å². The third-order valence-corrected chi connectivity index (χ3v) is 2.89. The number of aryl methyl sites for hydroxylation is 1. The van der Waals surface area contributed by atoms with Crippen LogP contribution in [0.1, 0.15) is 18.1 Å². The summed E-state index contributed by atoms with van der Waals surface area (Å²) >= 11 is 0. The molecule has 1 unspecified atom stereocenters. The molecule has 0 aliphatic rings.